The van der Waals surface area contributed by atoms with Crippen LogP contribution >= 0.6 is 0 Å². The van der Waals surface area contributed by atoms with Crippen molar-refractivity contribution in [3.05, 3.63) is 33.9 Å². The van der Waals surface area contributed by atoms with Crippen LogP contribution in [0.2, 0.25) is 0 Å². The summed E-state index contributed by atoms with van der Waals surface area (Å²) in [6.45, 7) is 11.6. The molecule has 0 spiro atoms. The van der Waals surface area contributed by atoms with E-state index in [0.717, 1.165) is 5.92 Å². The van der Waals surface area contributed by atoms with Crippen molar-refractivity contribution in [3.63, 3.8) is 0 Å². The van der Waals surface area contributed by atoms with Gasteiger partial charge in [-0.25, -0.2) is 0 Å². The molecule has 0 radical (unpaired) electrons. The highest BCUT2D eigenvalue weighted by Crippen LogP contribution is 2.44. The normalized spacial score (nSPS) is 24.4. The molecule has 2 aliphatic carbocycles. The highest BCUT2D eigenvalue weighted by atomic mass is 14.3. The van der Waals surface area contributed by atoms with Crippen molar-refractivity contribution in [1.29, 1.82) is 0 Å². The maximum Gasteiger partial charge on any atom is 0.00246 e. The van der Waals surface area contributed by atoms with Gasteiger partial charge in [-0.2, -0.15) is 0 Å². The van der Waals surface area contributed by atoms with Gasteiger partial charge in [0.05, 0.1) is 0 Å². The summed E-state index contributed by atoms with van der Waals surface area (Å²) in [6, 6.07) is 0. The molecule has 0 N–H and O–H groups in total. The lowest BCUT2D eigenvalue weighted by atomic mass is 9.72. The second-order valence-corrected chi connectivity index (χ2v) is 5.91. The van der Waals surface area contributed by atoms with Crippen LogP contribution in [-0.4, -0.2) is 0 Å². The molecule has 0 aromatic rings. The lowest BCUT2D eigenvalue weighted by molar-refractivity contribution is 0.347. The van der Waals surface area contributed by atoms with E-state index in [1.807, 2.05) is 0 Å². The molecule has 94 valence electrons. The van der Waals surface area contributed by atoms with Gasteiger partial charge in [-0.15, -0.1) is 0 Å². The average molecular weight is 230 g/mol. The molecule has 1 fully saturated rings. The number of hydrogen-bond donors (Lipinski definition) is 0. The molecule has 2 aliphatic rings. The molecule has 2 rings (SSSR count). The number of rotatable bonds is 3. The molecule has 17 heavy (non-hydrogen) atoms. The molecule has 0 amide bonds. The summed E-state index contributed by atoms with van der Waals surface area (Å²) in [4.78, 5) is 0. The van der Waals surface area contributed by atoms with Crippen molar-refractivity contribution >= 4 is 0 Å². The van der Waals surface area contributed by atoms with Gasteiger partial charge >= 0.3 is 0 Å². The summed E-state index contributed by atoms with van der Waals surface area (Å²) in [7, 11) is 0. The van der Waals surface area contributed by atoms with E-state index in [-0.39, 0.29) is 0 Å². The van der Waals surface area contributed by atoms with Crippen molar-refractivity contribution in [2.45, 2.75) is 60.3 Å². The number of allylic oxidation sites excluding steroid dienone is 6. The van der Waals surface area contributed by atoms with Crippen molar-refractivity contribution in [2.75, 3.05) is 0 Å². The Bertz CT molecular complexity index is 400. The fraction of sp³-hybridized carbons (Fsp3) is 0.647. The standard InChI is InChI=1S/C17H26/c1-6-16(15-8-7-9-15)14(5)17-12(3)10-11(2)13(17)4/h6,14-15H,7-10H2,1-5H3/b16-6+. The predicted octanol–water partition coefficient (Wildman–Crippen LogP) is 5.43. The van der Waals surface area contributed by atoms with Gasteiger partial charge in [-0.1, -0.05) is 36.1 Å². The van der Waals surface area contributed by atoms with E-state index in [2.05, 4.69) is 40.7 Å². The Morgan fingerprint density at radius 3 is 2.18 bits per heavy atom. The van der Waals surface area contributed by atoms with Crippen LogP contribution < -0.4 is 0 Å². The molecule has 0 heterocycles. The SMILES string of the molecule is C/C=C(/C1CCC1)C(C)C1=C(C)CC(C)=C1C. The first-order valence-electron chi connectivity index (χ1n) is 7.08. The van der Waals surface area contributed by atoms with E-state index in [1.165, 1.54) is 25.7 Å². The number of hydrogen-bond acceptors (Lipinski definition) is 0. The first-order chi connectivity index (χ1) is 8.06. The Morgan fingerprint density at radius 2 is 1.82 bits per heavy atom. The van der Waals surface area contributed by atoms with E-state index >= 15 is 0 Å². The molecule has 0 saturated heterocycles. The van der Waals surface area contributed by atoms with Gasteiger partial charge in [0.2, 0.25) is 0 Å². The van der Waals surface area contributed by atoms with Gasteiger partial charge in [0.15, 0.2) is 0 Å². The zero-order valence-corrected chi connectivity index (χ0v) is 12.1. The highest BCUT2D eigenvalue weighted by molar-refractivity contribution is 5.48. The van der Waals surface area contributed by atoms with Gasteiger partial charge in [-0.3, -0.25) is 0 Å². The maximum atomic E-state index is 2.41. The first kappa shape index (κ1) is 12.7. The average Bonchev–Trinajstić information content (AvgIpc) is 2.46. The maximum absolute atomic E-state index is 2.41. The second-order valence-electron chi connectivity index (χ2n) is 5.91. The van der Waals surface area contributed by atoms with Gasteiger partial charge in [-0.05, 0) is 64.0 Å². The Hall–Kier alpha value is -0.780. The summed E-state index contributed by atoms with van der Waals surface area (Å²) in [5.41, 5.74) is 8.08. The monoisotopic (exact) mass is 230 g/mol. The van der Waals surface area contributed by atoms with Crippen LogP contribution in [0.25, 0.3) is 0 Å². The zero-order chi connectivity index (χ0) is 12.6. The molecular weight excluding hydrogens is 204 g/mol. The predicted molar refractivity (Wildman–Crippen MR) is 76.0 cm³/mol. The lowest BCUT2D eigenvalue weighted by Gasteiger charge is -2.33. The topological polar surface area (TPSA) is 0 Å². The van der Waals surface area contributed by atoms with Crippen LogP contribution in [0.15, 0.2) is 33.9 Å². The van der Waals surface area contributed by atoms with Crippen LogP contribution in [0.1, 0.15) is 60.3 Å². The molecule has 0 bridgehead atoms. The molecule has 0 aliphatic heterocycles. The zero-order valence-electron chi connectivity index (χ0n) is 12.1. The van der Waals surface area contributed by atoms with Gasteiger partial charge in [0.1, 0.15) is 0 Å². The minimum absolute atomic E-state index is 0.641. The van der Waals surface area contributed by atoms with E-state index in [1.54, 1.807) is 27.9 Å². The minimum Gasteiger partial charge on any atom is -0.0876 e. The summed E-state index contributed by atoms with van der Waals surface area (Å²) in [6.07, 6.45) is 7.85. The van der Waals surface area contributed by atoms with E-state index in [9.17, 15) is 0 Å². The van der Waals surface area contributed by atoms with E-state index < -0.39 is 0 Å². The Morgan fingerprint density at radius 1 is 1.18 bits per heavy atom. The first-order valence-corrected chi connectivity index (χ1v) is 7.08. The fourth-order valence-electron chi connectivity index (χ4n) is 3.62. The molecule has 0 heteroatoms. The van der Waals surface area contributed by atoms with Crippen LogP contribution in [0.3, 0.4) is 0 Å². The molecule has 0 aromatic carbocycles. The van der Waals surface area contributed by atoms with Gasteiger partial charge in [0, 0.05) is 5.92 Å². The Kier molecular flexibility index (Phi) is 3.61. The summed E-state index contributed by atoms with van der Waals surface area (Å²) < 4.78 is 0. The molecule has 1 saturated carbocycles. The van der Waals surface area contributed by atoms with Crippen molar-refractivity contribution in [1.82, 2.24) is 0 Å². The van der Waals surface area contributed by atoms with Crippen molar-refractivity contribution in [3.8, 4) is 0 Å². The van der Waals surface area contributed by atoms with E-state index in [4.69, 9.17) is 0 Å². The smallest absolute Gasteiger partial charge is 0.00246 e. The Balaban J connectivity index is 2.25. The minimum atomic E-state index is 0.641. The fourth-order valence-corrected chi connectivity index (χ4v) is 3.62. The third kappa shape index (κ3) is 2.14. The third-order valence-electron chi connectivity index (χ3n) is 4.88. The molecule has 1 atom stereocenters. The second kappa shape index (κ2) is 4.84. The molecular formula is C17H26. The molecule has 0 nitrogen and oxygen atoms in total. The summed E-state index contributed by atoms with van der Waals surface area (Å²) in [5.74, 6) is 1.52. The Labute approximate surface area is 106 Å². The third-order valence-corrected chi connectivity index (χ3v) is 4.88. The molecule has 0 aromatic heterocycles. The van der Waals surface area contributed by atoms with Crippen LogP contribution in [0, 0.1) is 11.8 Å². The quantitative estimate of drug-likeness (QED) is 0.567. The largest absolute Gasteiger partial charge is 0.0876 e. The van der Waals surface area contributed by atoms with Gasteiger partial charge in [0.25, 0.3) is 0 Å². The summed E-state index contributed by atoms with van der Waals surface area (Å²) in [5, 5.41) is 0. The van der Waals surface area contributed by atoms with Crippen LogP contribution in [-0.2, 0) is 0 Å². The highest BCUT2D eigenvalue weighted by Gasteiger charge is 2.29. The molecule has 1 unspecified atom stereocenters. The van der Waals surface area contributed by atoms with Crippen molar-refractivity contribution in [2.24, 2.45) is 11.8 Å². The van der Waals surface area contributed by atoms with Crippen molar-refractivity contribution < 1.29 is 0 Å². The van der Waals surface area contributed by atoms with E-state index in [0.29, 0.717) is 5.92 Å². The lowest BCUT2D eigenvalue weighted by Crippen LogP contribution is -2.20. The van der Waals surface area contributed by atoms with Crippen LogP contribution in [0.4, 0.5) is 0 Å². The van der Waals surface area contributed by atoms with Crippen LogP contribution in [0.5, 0.6) is 0 Å². The summed E-state index contributed by atoms with van der Waals surface area (Å²) >= 11 is 0. The van der Waals surface area contributed by atoms with Gasteiger partial charge < -0.3 is 0 Å².